The van der Waals surface area contributed by atoms with Crippen molar-refractivity contribution < 1.29 is 14.3 Å². The largest absolute Gasteiger partial charge is 0.482 e. The summed E-state index contributed by atoms with van der Waals surface area (Å²) in [6, 6.07) is 5.71. The topological polar surface area (TPSA) is 61.9 Å². The highest BCUT2D eigenvalue weighted by Crippen LogP contribution is 2.28. The summed E-state index contributed by atoms with van der Waals surface area (Å²) in [6.45, 7) is 6.83. The fourth-order valence-corrected chi connectivity index (χ4v) is 3.01. The molecule has 2 aliphatic rings. The van der Waals surface area contributed by atoms with Crippen LogP contribution in [0.4, 0.5) is 5.69 Å². The van der Waals surface area contributed by atoms with Crippen LogP contribution in [-0.4, -0.2) is 60.9 Å². The second-order valence-electron chi connectivity index (χ2n) is 5.98. The van der Waals surface area contributed by atoms with E-state index in [1.807, 2.05) is 23.1 Å². The lowest BCUT2D eigenvalue weighted by Gasteiger charge is -2.34. The van der Waals surface area contributed by atoms with E-state index in [1.165, 1.54) is 0 Å². The summed E-state index contributed by atoms with van der Waals surface area (Å²) in [6.07, 6.45) is 1.18. The molecule has 0 atom stereocenters. The Morgan fingerprint density at radius 2 is 2.04 bits per heavy atom. The van der Waals surface area contributed by atoms with E-state index in [4.69, 9.17) is 4.74 Å². The number of hydrogen-bond acceptors (Lipinski definition) is 4. The number of amides is 2. The Labute approximate surface area is 136 Å². The maximum atomic E-state index is 12.3. The summed E-state index contributed by atoms with van der Waals surface area (Å²) >= 11 is 0. The molecule has 0 unspecified atom stereocenters. The van der Waals surface area contributed by atoms with Gasteiger partial charge in [-0.25, -0.2) is 0 Å². The molecule has 6 nitrogen and oxygen atoms in total. The number of rotatable bonds is 4. The van der Waals surface area contributed by atoms with E-state index in [2.05, 4.69) is 17.1 Å². The van der Waals surface area contributed by atoms with Crippen molar-refractivity contribution in [3.05, 3.63) is 23.8 Å². The fourth-order valence-electron chi connectivity index (χ4n) is 3.01. The number of hydrogen-bond donors (Lipinski definition) is 1. The summed E-state index contributed by atoms with van der Waals surface area (Å²) in [5.74, 6) is 0.758. The summed E-state index contributed by atoms with van der Waals surface area (Å²) in [5, 5.41) is 2.80. The molecule has 6 heteroatoms. The molecule has 1 N–H and O–H groups in total. The van der Waals surface area contributed by atoms with Gasteiger partial charge in [-0.2, -0.15) is 0 Å². The second kappa shape index (κ2) is 7.00. The zero-order valence-corrected chi connectivity index (χ0v) is 13.5. The molecule has 1 fully saturated rings. The van der Waals surface area contributed by atoms with Crippen molar-refractivity contribution in [2.45, 2.75) is 19.8 Å². The van der Waals surface area contributed by atoms with Crippen LogP contribution in [-0.2, 0) is 16.0 Å². The smallest absolute Gasteiger partial charge is 0.262 e. The third kappa shape index (κ3) is 3.82. The Balaban J connectivity index is 1.53. The molecule has 0 aromatic heterocycles. The van der Waals surface area contributed by atoms with Gasteiger partial charge in [-0.05, 0) is 30.7 Å². The first-order valence-electron chi connectivity index (χ1n) is 8.21. The highest BCUT2D eigenvalue weighted by atomic mass is 16.5. The number of nitrogens with one attached hydrogen (secondary N) is 1. The number of likely N-dealkylation sites (N-methyl/N-ethyl adjacent to an activating group) is 1. The summed E-state index contributed by atoms with van der Waals surface area (Å²) in [7, 11) is 0. The van der Waals surface area contributed by atoms with Crippen LogP contribution in [0.1, 0.15) is 18.9 Å². The number of ether oxygens (including phenoxy) is 1. The zero-order chi connectivity index (χ0) is 16.2. The lowest BCUT2D eigenvalue weighted by Crippen LogP contribution is -2.48. The van der Waals surface area contributed by atoms with Gasteiger partial charge in [0, 0.05) is 32.6 Å². The molecule has 0 aliphatic carbocycles. The van der Waals surface area contributed by atoms with E-state index in [0.717, 1.165) is 38.3 Å². The monoisotopic (exact) mass is 317 g/mol. The van der Waals surface area contributed by atoms with Crippen molar-refractivity contribution in [1.29, 1.82) is 0 Å². The van der Waals surface area contributed by atoms with Crippen molar-refractivity contribution >= 4 is 17.5 Å². The van der Waals surface area contributed by atoms with Crippen LogP contribution in [0.25, 0.3) is 0 Å². The third-order valence-electron chi connectivity index (χ3n) is 4.48. The molecule has 1 aromatic carbocycles. The minimum absolute atomic E-state index is 0.0641. The van der Waals surface area contributed by atoms with Crippen LogP contribution in [0.2, 0.25) is 0 Å². The van der Waals surface area contributed by atoms with Gasteiger partial charge in [0.15, 0.2) is 6.61 Å². The molecule has 2 aliphatic heterocycles. The SMILES string of the molecule is CCN1CCN(C(=O)CCc2ccc3c(c2)NC(=O)CO3)CC1. The molecule has 0 bridgehead atoms. The Kier molecular flexibility index (Phi) is 4.81. The minimum atomic E-state index is -0.139. The van der Waals surface area contributed by atoms with Gasteiger partial charge in [-0.1, -0.05) is 13.0 Å². The fraction of sp³-hybridized carbons (Fsp3) is 0.529. The first-order valence-corrected chi connectivity index (χ1v) is 8.21. The van der Waals surface area contributed by atoms with E-state index >= 15 is 0 Å². The van der Waals surface area contributed by atoms with Crippen molar-refractivity contribution in [3.8, 4) is 5.75 Å². The van der Waals surface area contributed by atoms with Crippen molar-refractivity contribution in [2.75, 3.05) is 44.6 Å². The maximum absolute atomic E-state index is 12.3. The number of aryl methyl sites for hydroxylation is 1. The molecule has 2 heterocycles. The van der Waals surface area contributed by atoms with Gasteiger partial charge < -0.3 is 19.9 Å². The Bertz CT molecular complexity index is 595. The second-order valence-corrected chi connectivity index (χ2v) is 5.98. The number of nitrogens with zero attached hydrogens (tertiary/aromatic N) is 2. The Morgan fingerprint density at radius 1 is 1.26 bits per heavy atom. The molecular formula is C17H23N3O3. The normalized spacial score (nSPS) is 18.1. The number of benzene rings is 1. The van der Waals surface area contributed by atoms with Gasteiger partial charge in [-0.3, -0.25) is 9.59 Å². The summed E-state index contributed by atoms with van der Waals surface area (Å²) in [5.41, 5.74) is 1.73. The van der Waals surface area contributed by atoms with Gasteiger partial charge in [0.25, 0.3) is 5.91 Å². The average Bonchev–Trinajstić information content (AvgIpc) is 2.59. The molecular weight excluding hydrogens is 294 g/mol. The van der Waals surface area contributed by atoms with Gasteiger partial charge in [0.05, 0.1) is 5.69 Å². The molecule has 124 valence electrons. The van der Waals surface area contributed by atoms with Crippen molar-refractivity contribution in [3.63, 3.8) is 0 Å². The number of carbonyl (C=O) groups excluding carboxylic acids is 2. The summed E-state index contributed by atoms with van der Waals surface area (Å²) < 4.78 is 5.34. The van der Waals surface area contributed by atoms with Crippen LogP contribution in [0.3, 0.4) is 0 Å². The minimum Gasteiger partial charge on any atom is -0.482 e. The van der Waals surface area contributed by atoms with E-state index < -0.39 is 0 Å². The quantitative estimate of drug-likeness (QED) is 0.904. The van der Waals surface area contributed by atoms with Crippen molar-refractivity contribution in [1.82, 2.24) is 9.80 Å². The van der Waals surface area contributed by atoms with E-state index in [0.29, 0.717) is 24.3 Å². The molecule has 23 heavy (non-hydrogen) atoms. The van der Waals surface area contributed by atoms with E-state index in [-0.39, 0.29) is 18.4 Å². The first-order chi connectivity index (χ1) is 11.2. The number of piperazine rings is 1. The highest BCUT2D eigenvalue weighted by molar-refractivity contribution is 5.95. The Hall–Kier alpha value is -2.08. The first kappa shape index (κ1) is 15.8. The molecule has 2 amide bonds. The molecule has 0 radical (unpaired) electrons. The number of carbonyl (C=O) groups is 2. The van der Waals surface area contributed by atoms with Gasteiger partial charge >= 0.3 is 0 Å². The molecule has 0 saturated carbocycles. The Morgan fingerprint density at radius 3 is 2.78 bits per heavy atom. The van der Waals surface area contributed by atoms with Crippen LogP contribution in [0.5, 0.6) is 5.75 Å². The average molecular weight is 317 g/mol. The molecule has 0 spiro atoms. The third-order valence-corrected chi connectivity index (χ3v) is 4.48. The lowest BCUT2D eigenvalue weighted by molar-refractivity contribution is -0.132. The summed E-state index contributed by atoms with van der Waals surface area (Å²) in [4.78, 5) is 28.0. The molecule has 1 aromatic rings. The van der Waals surface area contributed by atoms with Crippen LogP contribution in [0.15, 0.2) is 18.2 Å². The van der Waals surface area contributed by atoms with Gasteiger partial charge in [-0.15, -0.1) is 0 Å². The highest BCUT2D eigenvalue weighted by Gasteiger charge is 2.20. The molecule has 3 rings (SSSR count). The van der Waals surface area contributed by atoms with E-state index in [9.17, 15) is 9.59 Å². The van der Waals surface area contributed by atoms with Gasteiger partial charge in [0.2, 0.25) is 5.91 Å². The maximum Gasteiger partial charge on any atom is 0.262 e. The van der Waals surface area contributed by atoms with Gasteiger partial charge in [0.1, 0.15) is 5.75 Å². The standard InChI is InChI=1S/C17H23N3O3/c1-2-19-7-9-20(10-8-19)17(22)6-4-13-3-5-15-14(11-13)18-16(21)12-23-15/h3,5,11H,2,4,6-10,12H2,1H3,(H,18,21). The lowest BCUT2D eigenvalue weighted by atomic mass is 10.1. The van der Waals surface area contributed by atoms with Crippen LogP contribution >= 0.6 is 0 Å². The molecule has 1 saturated heterocycles. The predicted molar refractivity (Wildman–Crippen MR) is 87.6 cm³/mol. The number of fused-ring (bicyclic) bond motifs is 1. The number of anilines is 1. The van der Waals surface area contributed by atoms with Crippen LogP contribution < -0.4 is 10.1 Å². The van der Waals surface area contributed by atoms with E-state index in [1.54, 1.807) is 0 Å². The predicted octanol–water partition coefficient (Wildman–Crippen LogP) is 1.11. The van der Waals surface area contributed by atoms with Crippen molar-refractivity contribution in [2.24, 2.45) is 0 Å². The zero-order valence-electron chi connectivity index (χ0n) is 13.5. The van der Waals surface area contributed by atoms with Crippen LogP contribution in [0, 0.1) is 0 Å².